The molecule has 0 saturated carbocycles. The van der Waals surface area contributed by atoms with Crippen molar-refractivity contribution < 1.29 is 10.2 Å². The molecule has 1 aliphatic carbocycles. The number of nitrogens with one attached hydrogen (secondary N) is 1. The number of benzene rings is 1. The lowest BCUT2D eigenvalue weighted by atomic mass is 9.74. The van der Waals surface area contributed by atoms with Crippen LogP contribution in [0.5, 0.6) is 11.5 Å². The Labute approximate surface area is 121 Å². The second kappa shape index (κ2) is 4.24. The molecule has 0 unspecified atom stereocenters. The summed E-state index contributed by atoms with van der Waals surface area (Å²) in [6.07, 6.45) is 2.03. The first-order chi connectivity index (χ1) is 9.63. The fourth-order valence-corrected chi connectivity index (χ4v) is 4.68. The van der Waals surface area contributed by atoms with E-state index in [0.29, 0.717) is 12.0 Å². The van der Waals surface area contributed by atoms with Crippen molar-refractivity contribution in [3.05, 3.63) is 44.6 Å². The number of aromatic hydroxyl groups is 2. The lowest BCUT2D eigenvalue weighted by molar-refractivity contribution is 0.382. The third-order valence-corrected chi connectivity index (χ3v) is 5.59. The first kappa shape index (κ1) is 12.2. The second-order valence-corrected chi connectivity index (χ2v) is 7.12. The monoisotopic (exact) mass is 287 g/mol. The zero-order valence-corrected chi connectivity index (χ0v) is 12.1. The summed E-state index contributed by atoms with van der Waals surface area (Å²) in [5.74, 6) is 0.287. The highest BCUT2D eigenvalue weighted by Crippen LogP contribution is 2.45. The molecular weight excluding hydrogens is 270 g/mol. The largest absolute Gasteiger partial charge is 0.504 e. The van der Waals surface area contributed by atoms with E-state index in [-0.39, 0.29) is 11.5 Å². The highest BCUT2D eigenvalue weighted by molar-refractivity contribution is 7.12. The van der Waals surface area contributed by atoms with Crippen LogP contribution in [0.1, 0.15) is 38.8 Å². The SMILES string of the molecule is Cc1cc2c(s1)CN[C@@H]1CCc3cc(O)c(O)cc3[C@@H]21. The molecule has 3 nitrogen and oxygen atoms in total. The Morgan fingerprint density at radius 2 is 1.95 bits per heavy atom. The summed E-state index contributed by atoms with van der Waals surface area (Å²) < 4.78 is 0. The zero-order valence-electron chi connectivity index (χ0n) is 11.3. The topological polar surface area (TPSA) is 52.5 Å². The quantitative estimate of drug-likeness (QED) is 0.653. The molecule has 0 radical (unpaired) electrons. The zero-order chi connectivity index (χ0) is 13.9. The molecule has 20 heavy (non-hydrogen) atoms. The molecule has 1 aromatic carbocycles. The summed E-state index contributed by atoms with van der Waals surface area (Å²) in [4.78, 5) is 2.75. The number of thiophene rings is 1. The van der Waals surface area contributed by atoms with Gasteiger partial charge in [0, 0.05) is 28.3 Å². The molecule has 0 saturated heterocycles. The highest BCUT2D eigenvalue weighted by atomic mass is 32.1. The normalized spacial score (nSPS) is 23.9. The van der Waals surface area contributed by atoms with Gasteiger partial charge < -0.3 is 15.5 Å². The van der Waals surface area contributed by atoms with Crippen LogP contribution in [0.4, 0.5) is 0 Å². The predicted molar refractivity (Wildman–Crippen MR) is 79.6 cm³/mol. The molecular formula is C16H17NO2S. The summed E-state index contributed by atoms with van der Waals surface area (Å²) in [5, 5.41) is 23.2. The van der Waals surface area contributed by atoms with E-state index in [1.165, 1.54) is 26.4 Å². The maximum atomic E-state index is 9.85. The van der Waals surface area contributed by atoms with E-state index in [2.05, 4.69) is 18.3 Å². The van der Waals surface area contributed by atoms with E-state index >= 15 is 0 Å². The molecule has 0 spiro atoms. The van der Waals surface area contributed by atoms with Crippen molar-refractivity contribution in [2.45, 2.75) is 38.3 Å². The third-order valence-electron chi connectivity index (χ3n) is 4.52. The van der Waals surface area contributed by atoms with Gasteiger partial charge in [-0.3, -0.25) is 0 Å². The Balaban J connectivity index is 1.91. The lowest BCUT2D eigenvalue weighted by Gasteiger charge is -2.38. The summed E-state index contributed by atoms with van der Waals surface area (Å²) in [6.45, 7) is 3.10. The number of hydrogen-bond donors (Lipinski definition) is 3. The van der Waals surface area contributed by atoms with Gasteiger partial charge in [0.25, 0.3) is 0 Å². The van der Waals surface area contributed by atoms with Gasteiger partial charge in [-0.15, -0.1) is 11.3 Å². The van der Waals surface area contributed by atoms with Crippen LogP contribution in [-0.2, 0) is 13.0 Å². The molecule has 0 bridgehead atoms. The van der Waals surface area contributed by atoms with Crippen LogP contribution in [0.15, 0.2) is 18.2 Å². The van der Waals surface area contributed by atoms with Crippen molar-refractivity contribution >= 4 is 11.3 Å². The molecule has 2 heterocycles. The number of phenolic OH excluding ortho intramolecular Hbond substituents is 2. The maximum Gasteiger partial charge on any atom is 0.157 e. The van der Waals surface area contributed by atoms with Gasteiger partial charge in [0.2, 0.25) is 0 Å². The van der Waals surface area contributed by atoms with Gasteiger partial charge in [0.1, 0.15) is 0 Å². The summed E-state index contributed by atoms with van der Waals surface area (Å²) in [5.41, 5.74) is 3.74. The number of fused-ring (bicyclic) bond motifs is 5. The minimum absolute atomic E-state index is 0.00677. The Bertz CT molecular complexity index is 692. The van der Waals surface area contributed by atoms with Gasteiger partial charge in [-0.2, -0.15) is 0 Å². The fourth-order valence-electron chi connectivity index (χ4n) is 3.65. The van der Waals surface area contributed by atoms with Crippen LogP contribution >= 0.6 is 11.3 Å². The number of rotatable bonds is 0. The molecule has 3 N–H and O–H groups in total. The molecule has 4 heteroatoms. The van der Waals surface area contributed by atoms with Crippen LogP contribution in [0.2, 0.25) is 0 Å². The molecule has 104 valence electrons. The average molecular weight is 287 g/mol. The van der Waals surface area contributed by atoms with Crippen LogP contribution in [0.25, 0.3) is 0 Å². The van der Waals surface area contributed by atoms with Crippen LogP contribution < -0.4 is 5.32 Å². The van der Waals surface area contributed by atoms with Gasteiger partial charge >= 0.3 is 0 Å². The Morgan fingerprint density at radius 1 is 1.15 bits per heavy atom. The van der Waals surface area contributed by atoms with Gasteiger partial charge in [-0.05, 0) is 54.7 Å². The summed E-state index contributed by atoms with van der Waals surface area (Å²) in [7, 11) is 0. The van der Waals surface area contributed by atoms with Gasteiger partial charge in [0.15, 0.2) is 11.5 Å². The van der Waals surface area contributed by atoms with E-state index < -0.39 is 0 Å². The van der Waals surface area contributed by atoms with Crippen LogP contribution in [0.3, 0.4) is 0 Å². The maximum absolute atomic E-state index is 9.85. The Morgan fingerprint density at radius 3 is 2.80 bits per heavy atom. The van der Waals surface area contributed by atoms with Crippen molar-refractivity contribution in [1.29, 1.82) is 0 Å². The Kier molecular flexibility index (Phi) is 2.59. The standard InChI is InChI=1S/C16H17NO2S/c1-8-4-11-15(20-8)7-17-12-3-2-9-5-13(18)14(19)6-10(9)16(11)12/h4-6,12,16-19H,2-3,7H2,1H3/t12-,16+/m1/s1. The second-order valence-electron chi connectivity index (χ2n) is 5.78. The Hall–Kier alpha value is -1.52. The summed E-state index contributed by atoms with van der Waals surface area (Å²) >= 11 is 1.85. The van der Waals surface area contributed by atoms with Crippen molar-refractivity contribution in [3.63, 3.8) is 0 Å². The summed E-state index contributed by atoms with van der Waals surface area (Å²) in [6, 6.07) is 6.21. The van der Waals surface area contributed by atoms with Crippen LogP contribution in [-0.4, -0.2) is 16.3 Å². The van der Waals surface area contributed by atoms with Crippen LogP contribution in [0, 0.1) is 6.92 Å². The van der Waals surface area contributed by atoms with Crippen molar-refractivity contribution in [2.24, 2.45) is 0 Å². The van der Waals surface area contributed by atoms with Crippen molar-refractivity contribution in [1.82, 2.24) is 5.32 Å². The van der Waals surface area contributed by atoms with E-state index in [4.69, 9.17) is 0 Å². The first-order valence-corrected chi connectivity index (χ1v) is 7.82. The van der Waals surface area contributed by atoms with Gasteiger partial charge in [-0.1, -0.05) is 0 Å². The number of hydrogen-bond acceptors (Lipinski definition) is 4. The van der Waals surface area contributed by atoms with Gasteiger partial charge in [-0.25, -0.2) is 0 Å². The van der Waals surface area contributed by atoms with E-state index in [1.54, 1.807) is 12.1 Å². The molecule has 2 atom stereocenters. The van der Waals surface area contributed by atoms with E-state index in [9.17, 15) is 10.2 Å². The number of phenols is 2. The van der Waals surface area contributed by atoms with Crippen molar-refractivity contribution in [2.75, 3.05) is 0 Å². The third kappa shape index (κ3) is 1.68. The van der Waals surface area contributed by atoms with E-state index in [0.717, 1.165) is 19.4 Å². The molecule has 2 aromatic rings. The average Bonchev–Trinajstić information content (AvgIpc) is 2.80. The molecule has 0 amide bonds. The molecule has 1 aliphatic heterocycles. The minimum atomic E-state index is -0.0107. The fraction of sp³-hybridized carbons (Fsp3) is 0.375. The number of aryl methyl sites for hydroxylation is 2. The molecule has 1 aromatic heterocycles. The van der Waals surface area contributed by atoms with E-state index in [1.807, 2.05) is 11.3 Å². The first-order valence-electron chi connectivity index (χ1n) is 7.01. The lowest BCUT2D eigenvalue weighted by Crippen LogP contribution is -2.41. The molecule has 2 aliphatic rings. The minimum Gasteiger partial charge on any atom is -0.504 e. The predicted octanol–water partition coefficient (Wildman–Crippen LogP) is 3.02. The highest BCUT2D eigenvalue weighted by Gasteiger charge is 2.36. The van der Waals surface area contributed by atoms with Gasteiger partial charge in [0.05, 0.1) is 0 Å². The molecule has 4 rings (SSSR count). The molecule has 0 fully saturated rings. The smallest absolute Gasteiger partial charge is 0.157 e. The van der Waals surface area contributed by atoms with Crippen molar-refractivity contribution in [3.8, 4) is 11.5 Å².